The van der Waals surface area contributed by atoms with Crippen molar-refractivity contribution in [1.29, 1.82) is 0 Å². The summed E-state index contributed by atoms with van der Waals surface area (Å²) in [6, 6.07) is 21.1. The Hall–Kier alpha value is -3.14. The van der Waals surface area contributed by atoms with Gasteiger partial charge in [-0.1, -0.05) is 48.5 Å². The largest absolute Gasteiger partial charge is 0.310 e. The molecule has 1 amide bonds. The molecular weight excluding hydrogens is 324 g/mol. The quantitative estimate of drug-likeness (QED) is 0.730. The molecule has 4 heteroatoms. The highest BCUT2D eigenvalue weighted by atomic mass is 16.2. The van der Waals surface area contributed by atoms with Gasteiger partial charge in [-0.15, -0.1) is 0 Å². The number of benzene rings is 2. The van der Waals surface area contributed by atoms with Crippen LogP contribution in [0.5, 0.6) is 0 Å². The van der Waals surface area contributed by atoms with Crippen LogP contribution in [0.3, 0.4) is 0 Å². The molecule has 1 aliphatic rings. The Balaban J connectivity index is 1.69. The number of anilines is 1. The minimum atomic E-state index is -0.252. The molecule has 1 aliphatic heterocycles. The van der Waals surface area contributed by atoms with Crippen molar-refractivity contribution in [3.8, 4) is 0 Å². The molecule has 0 spiro atoms. The lowest BCUT2D eigenvalue weighted by atomic mass is 10.1. The first-order chi connectivity index (χ1) is 12.6. The lowest BCUT2D eigenvalue weighted by molar-refractivity contribution is 0.0979. The number of hydrogen-bond donors (Lipinski definition) is 0. The number of para-hydroxylation sites is 1. The van der Waals surface area contributed by atoms with Crippen LogP contribution in [0.2, 0.25) is 0 Å². The fourth-order valence-electron chi connectivity index (χ4n) is 3.61. The summed E-state index contributed by atoms with van der Waals surface area (Å²) < 4.78 is 1.59. The predicted molar refractivity (Wildman–Crippen MR) is 103 cm³/mol. The second kappa shape index (κ2) is 6.64. The van der Waals surface area contributed by atoms with Crippen molar-refractivity contribution in [2.45, 2.75) is 25.9 Å². The minimum absolute atomic E-state index is 0.0436. The van der Waals surface area contributed by atoms with E-state index in [1.54, 1.807) is 27.8 Å². The lowest BCUT2D eigenvalue weighted by Gasteiger charge is -2.22. The van der Waals surface area contributed by atoms with Gasteiger partial charge in [0.05, 0.1) is 6.54 Å². The zero-order chi connectivity index (χ0) is 18.1. The Labute approximate surface area is 152 Å². The van der Waals surface area contributed by atoms with Crippen LogP contribution in [-0.4, -0.2) is 16.5 Å². The number of amides is 1. The highest BCUT2D eigenvalue weighted by molar-refractivity contribution is 6.07. The summed E-state index contributed by atoms with van der Waals surface area (Å²) in [6.07, 6.45) is 2.54. The van der Waals surface area contributed by atoms with Crippen LogP contribution in [0, 0.1) is 0 Å². The number of nitrogens with zero attached hydrogens (tertiary/aromatic N) is 2. The zero-order valence-corrected chi connectivity index (χ0v) is 14.6. The normalized spacial score (nSPS) is 15.7. The highest BCUT2D eigenvalue weighted by Crippen LogP contribution is 2.32. The van der Waals surface area contributed by atoms with Gasteiger partial charge in [0.1, 0.15) is 5.56 Å². The first kappa shape index (κ1) is 16.3. The first-order valence-electron chi connectivity index (χ1n) is 8.80. The molecule has 2 aromatic carbocycles. The molecule has 0 radical (unpaired) electrons. The Morgan fingerprint density at radius 3 is 2.54 bits per heavy atom. The van der Waals surface area contributed by atoms with Gasteiger partial charge in [-0.2, -0.15) is 0 Å². The third-order valence-corrected chi connectivity index (χ3v) is 4.87. The topological polar surface area (TPSA) is 42.3 Å². The number of rotatable bonds is 3. The van der Waals surface area contributed by atoms with Crippen LogP contribution in [-0.2, 0) is 13.0 Å². The molecule has 26 heavy (non-hydrogen) atoms. The third kappa shape index (κ3) is 2.84. The summed E-state index contributed by atoms with van der Waals surface area (Å²) in [5, 5.41) is 0. The summed E-state index contributed by atoms with van der Waals surface area (Å²) in [6.45, 7) is 2.47. The molecule has 0 saturated carbocycles. The Morgan fingerprint density at radius 2 is 1.73 bits per heavy atom. The van der Waals surface area contributed by atoms with Crippen molar-refractivity contribution < 1.29 is 4.79 Å². The summed E-state index contributed by atoms with van der Waals surface area (Å²) in [5.74, 6) is -0.227. The van der Waals surface area contributed by atoms with Crippen LogP contribution in [0.15, 0.2) is 77.7 Å². The molecule has 0 N–H and O–H groups in total. The van der Waals surface area contributed by atoms with Crippen LogP contribution >= 0.6 is 0 Å². The monoisotopic (exact) mass is 344 g/mol. The fraction of sp³-hybridized carbons (Fsp3) is 0.182. The molecule has 130 valence electrons. The average Bonchev–Trinajstić information content (AvgIpc) is 2.99. The maximum atomic E-state index is 13.2. The van der Waals surface area contributed by atoms with Crippen molar-refractivity contribution in [1.82, 2.24) is 4.57 Å². The number of carbonyl (C=O) groups is 1. The molecule has 0 unspecified atom stereocenters. The lowest BCUT2D eigenvalue weighted by Crippen LogP contribution is -2.39. The molecule has 1 atom stereocenters. The van der Waals surface area contributed by atoms with Gasteiger partial charge in [0.2, 0.25) is 0 Å². The molecule has 4 nitrogen and oxygen atoms in total. The number of pyridine rings is 1. The second-order valence-electron chi connectivity index (χ2n) is 6.70. The van der Waals surface area contributed by atoms with E-state index in [1.807, 2.05) is 61.5 Å². The van der Waals surface area contributed by atoms with Crippen molar-refractivity contribution in [2.24, 2.45) is 0 Å². The smallest absolute Gasteiger partial charge is 0.264 e. The van der Waals surface area contributed by atoms with E-state index in [2.05, 4.69) is 0 Å². The summed E-state index contributed by atoms with van der Waals surface area (Å²) in [4.78, 5) is 27.8. The van der Waals surface area contributed by atoms with Crippen LogP contribution in [0.4, 0.5) is 5.69 Å². The van der Waals surface area contributed by atoms with E-state index in [0.717, 1.165) is 23.2 Å². The van der Waals surface area contributed by atoms with Gasteiger partial charge in [0.25, 0.3) is 11.5 Å². The van der Waals surface area contributed by atoms with E-state index in [9.17, 15) is 9.59 Å². The van der Waals surface area contributed by atoms with Gasteiger partial charge in [0, 0.05) is 17.9 Å². The predicted octanol–water partition coefficient (Wildman–Crippen LogP) is 3.49. The summed E-state index contributed by atoms with van der Waals surface area (Å²) in [5.41, 5.74) is 3.04. The summed E-state index contributed by atoms with van der Waals surface area (Å²) >= 11 is 0. The molecule has 0 saturated heterocycles. The van der Waals surface area contributed by atoms with Gasteiger partial charge < -0.3 is 9.47 Å². The van der Waals surface area contributed by atoms with Crippen LogP contribution in [0.25, 0.3) is 0 Å². The van der Waals surface area contributed by atoms with Crippen molar-refractivity contribution in [2.75, 3.05) is 4.90 Å². The highest BCUT2D eigenvalue weighted by Gasteiger charge is 2.32. The molecular formula is C22H20N2O2. The Bertz CT molecular complexity index is 1010. The van der Waals surface area contributed by atoms with Crippen molar-refractivity contribution in [3.05, 3.63) is 100.0 Å². The zero-order valence-electron chi connectivity index (χ0n) is 14.6. The first-order valence-corrected chi connectivity index (χ1v) is 8.80. The van der Waals surface area contributed by atoms with E-state index in [4.69, 9.17) is 0 Å². The maximum absolute atomic E-state index is 13.2. The number of carbonyl (C=O) groups excluding carboxylic acids is 1. The maximum Gasteiger partial charge on any atom is 0.264 e. The average molecular weight is 344 g/mol. The minimum Gasteiger partial charge on any atom is -0.310 e. The van der Waals surface area contributed by atoms with Crippen LogP contribution in [0.1, 0.15) is 28.4 Å². The van der Waals surface area contributed by atoms with E-state index in [0.29, 0.717) is 6.54 Å². The molecule has 0 aliphatic carbocycles. The van der Waals surface area contributed by atoms with E-state index < -0.39 is 0 Å². The number of fused-ring (bicyclic) bond motifs is 1. The standard InChI is InChI=1S/C22H20N2O2/c1-16-14-18-10-5-6-12-20(18)24(16)22(26)19-11-7-13-23(21(19)25)15-17-8-3-2-4-9-17/h2-13,16H,14-15H2,1H3/t16-/m0/s1. The van der Waals surface area contributed by atoms with Crippen molar-refractivity contribution in [3.63, 3.8) is 0 Å². The van der Waals surface area contributed by atoms with Gasteiger partial charge in [0.15, 0.2) is 0 Å². The van der Waals surface area contributed by atoms with E-state index in [1.165, 1.54) is 0 Å². The SMILES string of the molecule is C[C@H]1Cc2ccccc2N1C(=O)c1cccn(Cc2ccccc2)c1=O. The molecule has 2 heterocycles. The number of aromatic nitrogens is 1. The second-order valence-corrected chi connectivity index (χ2v) is 6.70. The molecule has 0 fully saturated rings. The van der Waals surface area contributed by atoms with Gasteiger partial charge in [-0.3, -0.25) is 9.59 Å². The summed E-state index contributed by atoms with van der Waals surface area (Å²) in [7, 11) is 0. The van der Waals surface area contributed by atoms with E-state index >= 15 is 0 Å². The van der Waals surface area contributed by atoms with Gasteiger partial charge >= 0.3 is 0 Å². The van der Waals surface area contributed by atoms with Crippen LogP contribution < -0.4 is 10.5 Å². The third-order valence-electron chi connectivity index (χ3n) is 4.87. The molecule has 3 aromatic rings. The number of hydrogen-bond acceptors (Lipinski definition) is 2. The van der Waals surface area contributed by atoms with E-state index in [-0.39, 0.29) is 23.1 Å². The van der Waals surface area contributed by atoms with Gasteiger partial charge in [-0.05, 0) is 42.7 Å². The Kier molecular flexibility index (Phi) is 4.17. The Morgan fingerprint density at radius 1 is 1.00 bits per heavy atom. The molecule has 0 bridgehead atoms. The van der Waals surface area contributed by atoms with Crippen molar-refractivity contribution >= 4 is 11.6 Å². The molecule has 1 aromatic heterocycles. The molecule has 4 rings (SSSR count). The fourth-order valence-corrected chi connectivity index (χ4v) is 3.61. The van der Waals surface area contributed by atoms with Gasteiger partial charge in [-0.25, -0.2) is 0 Å².